The lowest BCUT2D eigenvalue weighted by Gasteiger charge is -2.18. The number of benzene rings is 2. The van der Waals surface area contributed by atoms with Crippen LogP contribution in [0, 0.1) is 0 Å². The summed E-state index contributed by atoms with van der Waals surface area (Å²) in [5.41, 5.74) is 18.3. The maximum absolute atomic E-state index is 5.95. The molecule has 0 aliphatic heterocycles. The molecule has 2 aromatic carbocycles. The van der Waals surface area contributed by atoms with Crippen molar-refractivity contribution >= 4 is 23.0 Å². The quantitative estimate of drug-likeness (QED) is 0.524. The number of hydrogen-bond acceptors (Lipinski definition) is 3. The molecule has 154 valence electrons. The van der Waals surface area contributed by atoms with Crippen LogP contribution in [-0.4, -0.2) is 7.05 Å². The zero-order chi connectivity index (χ0) is 21.9. The number of rotatable bonds is 7. The Morgan fingerprint density at radius 1 is 0.933 bits per heavy atom. The lowest BCUT2D eigenvalue weighted by molar-refractivity contribution is 1.14. The predicted molar refractivity (Wildman–Crippen MR) is 133 cm³/mol. The molecule has 0 unspecified atom stereocenters. The van der Waals surface area contributed by atoms with Gasteiger partial charge in [0.05, 0.1) is 0 Å². The van der Waals surface area contributed by atoms with Gasteiger partial charge in [-0.05, 0) is 31.5 Å². The van der Waals surface area contributed by atoms with Crippen molar-refractivity contribution < 1.29 is 0 Å². The molecule has 0 radical (unpaired) electrons. The van der Waals surface area contributed by atoms with Crippen molar-refractivity contribution in [1.29, 1.82) is 0 Å². The van der Waals surface area contributed by atoms with Gasteiger partial charge in [0.2, 0.25) is 0 Å². The average molecular weight is 398 g/mol. The lowest BCUT2D eigenvalue weighted by atomic mass is 9.97. The fourth-order valence-electron chi connectivity index (χ4n) is 3.30. The molecule has 3 heteroatoms. The van der Waals surface area contributed by atoms with Gasteiger partial charge < -0.3 is 16.8 Å². The smallest absolute Gasteiger partial charge is 0.0423 e. The molecule has 0 spiro atoms. The number of allylic oxidation sites excluding steroid dienone is 6. The summed E-state index contributed by atoms with van der Waals surface area (Å²) >= 11 is 0. The van der Waals surface area contributed by atoms with E-state index in [1.54, 1.807) is 0 Å². The van der Waals surface area contributed by atoms with Crippen molar-refractivity contribution in [2.24, 2.45) is 11.5 Å². The Balaban J connectivity index is 0.00000155. The van der Waals surface area contributed by atoms with Gasteiger partial charge in [-0.25, -0.2) is 0 Å². The topological polar surface area (TPSA) is 64.1 Å². The van der Waals surface area contributed by atoms with Gasteiger partial charge in [-0.3, -0.25) is 0 Å². The second kappa shape index (κ2) is 11.4. The van der Waals surface area contributed by atoms with Crippen LogP contribution < -0.4 is 16.8 Å². The average Bonchev–Trinajstić information content (AvgIpc) is 3.23. The van der Waals surface area contributed by atoms with E-state index in [1.165, 1.54) is 23.7 Å². The summed E-state index contributed by atoms with van der Waals surface area (Å²) in [4.78, 5) is 0. The normalized spacial score (nSPS) is 12.9. The second-order valence-corrected chi connectivity index (χ2v) is 6.62. The summed E-state index contributed by atoms with van der Waals surface area (Å²) in [6, 6.07) is 16.3. The molecule has 2 aromatic rings. The van der Waals surface area contributed by atoms with E-state index in [2.05, 4.69) is 72.8 Å². The van der Waals surface area contributed by atoms with E-state index in [0.717, 1.165) is 28.9 Å². The highest BCUT2D eigenvalue weighted by Gasteiger charge is 2.16. The van der Waals surface area contributed by atoms with E-state index in [9.17, 15) is 0 Å². The Kier molecular flexibility index (Phi) is 8.67. The monoisotopic (exact) mass is 397 g/mol. The molecule has 0 bridgehead atoms. The third-order valence-corrected chi connectivity index (χ3v) is 4.65. The van der Waals surface area contributed by atoms with Crippen molar-refractivity contribution in [1.82, 2.24) is 5.32 Å². The zero-order valence-corrected chi connectivity index (χ0v) is 17.9. The molecule has 0 aromatic heterocycles. The number of nitrogens with two attached hydrogens (primary N) is 2. The van der Waals surface area contributed by atoms with Crippen molar-refractivity contribution in [3.63, 3.8) is 0 Å². The van der Waals surface area contributed by atoms with Gasteiger partial charge in [-0.15, -0.1) is 0 Å². The third kappa shape index (κ3) is 5.49. The first kappa shape index (κ1) is 22.7. The molecule has 0 heterocycles. The standard InChI is InChI=1S/C26H26N2.CH5N/c1-4-5-6-12-21-13-7-8-16-24(21)25-17-11-18-26(25)28-20(3)23-15-10-9-14-22(23)19(2)27;1-2/h4-10,12-18,28H,2-3,11,27H2,1H3;2H2,1H3/b5-4+,12-6-;. The zero-order valence-electron chi connectivity index (χ0n) is 17.9. The van der Waals surface area contributed by atoms with Crippen molar-refractivity contribution in [3.05, 3.63) is 120 Å². The first-order valence-electron chi connectivity index (χ1n) is 9.99. The van der Waals surface area contributed by atoms with Gasteiger partial charge in [0, 0.05) is 33.8 Å². The number of nitrogens with one attached hydrogen (secondary N) is 1. The molecule has 0 fully saturated rings. The number of hydrogen-bond donors (Lipinski definition) is 3. The van der Waals surface area contributed by atoms with Crippen LogP contribution in [0.3, 0.4) is 0 Å². The molecule has 0 saturated carbocycles. The largest absolute Gasteiger partial charge is 0.399 e. The fourth-order valence-corrected chi connectivity index (χ4v) is 3.30. The maximum Gasteiger partial charge on any atom is 0.0423 e. The van der Waals surface area contributed by atoms with Crippen LogP contribution >= 0.6 is 0 Å². The van der Waals surface area contributed by atoms with Gasteiger partial charge in [0.1, 0.15) is 0 Å². The first-order chi connectivity index (χ1) is 14.6. The Morgan fingerprint density at radius 2 is 1.60 bits per heavy atom. The van der Waals surface area contributed by atoms with Gasteiger partial charge in [-0.2, -0.15) is 0 Å². The Labute approximate surface area is 180 Å². The van der Waals surface area contributed by atoms with E-state index in [0.29, 0.717) is 5.70 Å². The highest BCUT2D eigenvalue weighted by Crippen LogP contribution is 2.32. The Morgan fingerprint density at radius 3 is 2.30 bits per heavy atom. The minimum atomic E-state index is 0.536. The van der Waals surface area contributed by atoms with Crippen LogP contribution in [0.4, 0.5) is 0 Å². The van der Waals surface area contributed by atoms with Gasteiger partial charge in [0.25, 0.3) is 0 Å². The SMILES string of the molecule is C=C(N)c1ccccc1C(=C)NC1=CCC=C1c1ccccc1/C=C\C=C\C.CN. The molecule has 1 aliphatic carbocycles. The van der Waals surface area contributed by atoms with Crippen molar-refractivity contribution in [3.8, 4) is 0 Å². The Hall–Kier alpha value is -3.56. The van der Waals surface area contributed by atoms with E-state index < -0.39 is 0 Å². The van der Waals surface area contributed by atoms with Crippen LogP contribution in [0.1, 0.15) is 35.6 Å². The fraction of sp³-hybridized carbons (Fsp3) is 0.111. The summed E-state index contributed by atoms with van der Waals surface area (Å²) in [6.45, 7) is 10.1. The predicted octanol–water partition coefficient (Wildman–Crippen LogP) is 5.71. The van der Waals surface area contributed by atoms with Gasteiger partial charge in [-0.1, -0.05) is 98.1 Å². The van der Waals surface area contributed by atoms with E-state index in [1.807, 2.05) is 43.3 Å². The van der Waals surface area contributed by atoms with Crippen LogP contribution in [0.15, 0.2) is 97.8 Å². The second-order valence-electron chi connectivity index (χ2n) is 6.62. The molecule has 0 amide bonds. The van der Waals surface area contributed by atoms with E-state index in [4.69, 9.17) is 5.73 Å². The van der Waals surface area contributed by atoms with Crippen LogP contribution in [0.25, 0.3) is 23.0 Å². The van der Waals surface area contributed by atoms with Crippen molar-refractivity contribution in [2.75, 3.05) is 7.05 Å². The van der Waals surface area contributed by atoms with E-state index in [-0.39, 0.29) is 0 Å². The highest BCUT2D eigenvalue weighted by molar-refractivity contribution is 5.88. The molecule has 30 heavy (non-hydrogen) atoms. The van der Waals surface area contributed by atoms with Gasteiger partial charge >= 0.3 is 0 Å². The van der Waals surface area contributed by atoms with E-state index >= 15 is 0 Å². The van der Waals surface area contributed by atoms with Gasteiger partial charge in [0.15, 0.2) is 0 Å². The Bertz CT molecular complexity index is 1020. The summed E-state index contributed by atoms with van der Waals surface area (Å²) in [7, 11) is 1.50. The molecular weight excluding hydrogens is 366 g/mol. The van der Waals surface area contributed by atoms with Crippen LogP contribution in [0.2, 0.25) is 0 Å². The molecule has 0 atom stereocenters. The molecule has 3 rings (SSSR count). The molecule has 0 saturated heterocycles. The van der Waals surface area contributed by atoms with Crippen molar-refractivity contribution in [2.45, 2.75) is 13.3 Å². The third-order valence-electron chi connectivity index (χ3n) is 4.65. The van der Waals surface area contributed by atoms with Crippen LogP contribution in [0.5, 0.6) is 0 Å². The molecule has 3 nitrogen and oxygen atoms in total. The summed E-state index contributed by atoms with van der Waals surface area (Å²) < 4.78 is 0. The molecule has 5 N–H and O–H groups in total. The summed E-state index contributed by atoms with van der Waals surface area (Å²) in [6.07, 6.45) is 13.6. The highest BCUT2D eigenvalue weighted by atomic mass is 14.9. The maximum atomic E-state index is 5.95. The molecule has 1 aliphatic rings. The summed E-state index contributed by atoms with van der Waals surface area (Å²) in [5, 5.41) is 3.50. The minimum Gasteiger partial charge on any atom is -0.399 e. The first-order valence-corrected chi connectivity index (χ1v) is 9.99. The minimum absolute atomic E-state index is 0.536. The summed E-state index contributed by atoms with van der Waals surface area (Å²) in [5.74, 6) is 0. The van der Waals surface area contributed by atoms with Crippen LogP contribution in [-0.2, 0) is 0 Å². The molecular formula is C27H31N3. The lowest BCUT2D eigenvalue weighted by Crippen LogP contribution is -2.13.